The number of pyridine rings is 1. The number of para-hydroxylation sites is 1. The lowest BCUT2D eigenvalue weighted by molar-refractivity contribution is -0.384. The summed E-state index contributed by atoms with van der Waals surface area (Å²) in [6.07, 6.45) is 1.93. The first kappa shape index (κ1) is 25.3. The number of carbonyl (C=O) groups is 1. The molecule has 1 aromatic carbocycles. The minimum atomic E-state index is -3.50. The van der Waals surface area contributed by atoms with E-state index in [2.05, 4.69) is 15.0 Å². The summed E-state index contributed by atoms with van der Waals surface area (Å²) in [7, 11) is -3.50. The van der Waals surface area contributed by atoms with Crippen LogP contribution < -0.4 is 10.0 Å². The lowest BCUT2D eigenvalue weighted by Crippen LogP contribution is -2.46. The van der Waals surface area contributed by atoms with Crippen LogP contribution in [0.4, 0.5) is 16.2 Å². The summed E-state index contributed by atoms with van der Waals surface area (Å²) < 4.78 is 25.7. The van der Waals surface area contributed by atoms with Crippen molar-refractivity contribution in [2.75, 3.05) is 24.7 Å². The minimum Gasteiger partial charge on any atom is -0.465 e. The zero-order valence-electron chi connectivity index (χ0n) is 18.5. The SMILES string of the molecule is CC(C)(C)N(CCC[C@@H](CNS(C)(=O)=O)Nc1c([N+](=O)[O-])cnc2ccccc12)C(=O)O. The van der Waals surface area contributed by atoms with Crippen molar-refractivity contribution in [3.63, 3.8) is 0 Å². The van der Waals surface area contributed by atoms with E-state index in [-0.39, 0.29) is 24.5 Å². The Labute approximate surface area is 187 Å². The molecule has 11 nitrogen and oxygen atoms in total. The van der Waals surface area contributed by atoms with E-state index in [1.54, 1.807) is 45.0 Å². The highest BCUT2D eigenvalue weighted by Gasteiger charge is 2.26. The van der Waals surface area contributed by atoms with Crippen LogP contribution in [0.25, 0.3) is 10.9 Å². The zero-order chi connectivity index (χ0) is 24.1. The number of carboxylic acid groups (broad SMARTS) is 1. The van der Waals surface area contributed by atoms with Crippen molar-refractivity contribution in [2.24, 2.45) is 0 Å². The molecule has 12 heteroatoms. The second-order valence-corrected chi connectivity index (χ2v) is 10.3. The maximum atomic E-state index is 11.6. The van der Waals surface area contributed by atoms with Crippen LogP contribution in [-0.2, 0) is 10.0 Å². The van der Waals surface area contributed by atoms with Gasteiger partial charge < -0.3 is 15.3 Å². The average Bonchev–Trinajstić information content (AvgIpc) is 2.67. The topological polar surface area (TPSA) is 155 Å². The Hall–Kier alpha value is -2.99. The molecule has 0 aliphatic heterocycles. The van der Waals surface area contributed by atoms with Crippen molar-refractivity contribution in [1.29, 1.82) is 0 Å². The molecular formula is C20H29N5O6S. The predicted octanol–water partition coefficient (Wildman–Crippen LogP) is 3.03. The highest BCUT2D eigenvalue weighted by Crippen LogP contribution is 2.32. The molecule has 0 aliphatic rings. The molecule has 0 fully saturated rings. The van der Waals surface area contributed by atoms with Crippen LogP contribution in [0, 0.1) is 10.1 Å². The van der Waals surface area contributed by atoms with Gasteiger partial charge in [0, 0.05) is 30.1 Å². The van der Waals surface area contributed by atoms with Crippen LogP contribution in [0.2, 0.25) is 0 Å². The van der Waals surface area contributed by atoms with E-state index in [0.29, 0.717) is 23.7 Å². The van der Waals surface area contributed by atoms with E-state index in [9.17, 15) is 28.4 Å². The molecule has 1 heterocycles. The number of sulfonamides is 1. The standard InChI is InChI=1S/C20H29N5O6S/c1-20(2,3)24(19(26)27)11-7-8-14(12-22-32(4,30)31)23-18-15-9-5-6-10-16(15)21-13-17(18)25(28)29/h5-6,9-10,13-14,22H,7-8,11-12H2,1-4H3,(H,21,23)(H,26,27)/t14-/m0/s1. The van der Waals surface area contributed by atoms with Gasteiger partial charge in [-0.25, -0.2) is 22.9 Å². The second kappa shape index (κ2) is 10.1. The third kappa shape index (κ3) is 7.02. The maximum Gasteiger partial charge on any atom is 0.407 e. The number of hydrogen-bond donors (Lipinski definition) is 3. The number of nitrogens with zero attached hydrogens (tertiary/aromatic N) is 3. The number of aromatic nitrogens is 1. The molecule has 0 bridgehead atoms. The summed E-state index contributed by atoms with van der Waals surface area (Å²) in [5.41, 5.74) is -0.0261. The van der Waals surface area contributed by atoms with Crippen molar-refractivity contribution in [3.8, 4) is 0 Å². The van der Waals surface area contributed by atoms with Crippen molar-refractivity contribution in [3.05, 3.63) is 40.6 Å². The minimum absolute atomic E-state index is 0.0186. The van der Waals surface area contributed by atoms with Gasteiger partial charge >= 0.3 is 11.8 Å². The number of benzene rings is 1. The van der Waals surface area contributed by atoms with Crippen LogP contribution in [0.15, 0.2) is 30.5 Å². The van der Waals surface area contributed by atoms with Gasteiger partial charge in [-0.3, -0.25) is 10.1 Å². The van der Waals surface area contributed by atoms with Crippen LogP contribution in [0.5, 0.6) is 0 Å². The Balaban J connectivity index is 2.31. The van der Waals surface area contributed by atoms with E-state index < -0.39 is 32.6 Å². The quantitative estimate of drug-likeness (QED) is 0.356. The molecule has 3 N–H and O–H groups in total. The molecule has 1 amide bonds. The zero-order valence-corrected chi connectivity index (χ0v) is 19.3. The molecule has 0 saturated carbocycles. The largest absolute Gasteiger partial charge is 0.465 e. The average molecular weight is 468 g/mol. The molecule has 176 valence electrons. The van der Waals surface area contributed by atoms with Crippen molar-refractivity contribution < 1.29 is 23.2 Å². The summed E-state index contributed by atoms with van der Waals surface area (Å²) in [5, 5.41) is 24.7. The summed E-state index contributed by atoms with van der Waals surface area (Å²) in [4.78, 5) is 28.0. The smallest absolute Gasteiger partial charge is 0.407 e. The molecule has 1 atom stereocenters. The molecule has 2 rings (SSSR count). The van der Waals surface area contributed by atoms with E-state index in [0.717, 1.165) is 12.5 Å². The van der Waals surface area contributed by atoms with Gasteiger partial charge in [0.1, 0.15) is 11.9 Å². The van der Waals surface area contributed by atoms with Crippen molar-refractivity contribution >= 4 is 38.4 Å². The molecule has 0 unspecified atom stereocenters. The fraction of sp³-hybridized carbons (Fsp3) is 0.500. The molecule has 2 aromatic rings. The van der Waals surface area contributed by atoms with E-state index >= 15 is 0 Å². The number of fused-ring (bicyclic) bond motifs is 1. The summed E-state index contributed by atoms with van der Waals surface area (Å²) in [6, 6.07) is 6.40. The lowest BCUT2D eigenvalue weighted by Gasteiger charge is -2.33. The number of nitro groups is 1. The van der Waals surface area contributed by atoms with Crippen LogP contribution in [-0.4, -0.2) is 65.4 Å². The first-order chi connectivity index (χ1) is 14.8. The summed E-state index contributed by atoms with van der Waals surface area (Å²) >= 11 is 0. The number of nitrogens with one attached hydrogen (secondary N) is 2. The highest BCUT2D eigenvalue weighted by molar-refractivity contribution is 7.88. The normalized spacial score (nSPS) is 13.0. The fourth-order valence-corrected chi connectivity index (χ4v) is 3.82. The molecule has 32 heavy (non-hydrogen) atoms. The number of hydrogen-bond acceptors (Lipinski definition) is 7. The fourth-order valence-electron chi connectivity index (χ4n) is 3.32. The third-order valence-corrected chi connectivity index (χ3v) is 5.56. The number of rotatable bonds is 10. The van der Waals surface area contributed by atoms with E-state index in [4.69, 9.17) is 0 Å². The van der Waals surface area contributed by atoms with Crippen LogP contribution >= 0.6 is 0 Å². The van der Waals surface area contributed by atoms with Gasteiger partial charge in [-0.2, -0.15) is 0 Å². The van der Waals surface area contributed by atoms with Crippen molar-refractivity contribution in [1.82, 2.24) is 14.6 Å². The molecular weight excluding hydrogens is 438 g/mol. The Morgan fingerprint density at radius 2 is 1.97 bits per heavy atom. The highest BCUT2D eigenvalue weighted by atomic mass is 32.2. The Bertz CT molecular complexity index is 1080. The molecule has 1 aromatic heterocycles. The van der Waals surface area contributed by atoms with Gasteiger partial charge in [-0.15, -0.1) is 0 Å². The molecule has 0 saturated heterocycles. The monoisotopic (exact) mass is 467 g/mol. The number of amides is 1. The van der Waals surface area contributed by atoms with E-state index in [1.807, 2.05) is 0 Å². The molecule has 0 aliphatic carbocycles. The van der Waals surface area contributed by atoms with E-state index in [1.165, 1.54) is 4.90 Å². The van der Waals surface area contributed by atoms with Gasteiger partial charge in [0.15, 0.2) is 0 Å². The first-order valence-electron chi connectivity index (χ1n) is 10.0. The summed E-state index contributed by atoms with van der Waals surface area (Å²) in [5.74, 6) is 0. The second-order valence-electron chi connectivity index (χ2n) is 8.50. The lowest BCUT2D eigenvalue weighted by atomic mass is 10.0. The Morgan fingerprint density at radius 3 is 2.53 bits per heavy atom. The first-order valence-corrected chi connectivity index (χ1v) is 11.9. The predicted molar refractivity (Wildman–Crippen MR) is 122 cm³/mol. The molecule has 0 radical (unpaired) electrons. The van der Waals surface area contributed by atoms with Gasteiger partial charge in [-0.1, -0.05) is 18.2 Å². The third-order valence-electron chi connectivity index (χ3n) is 4.87. The molecule has 0 spiro atoms. The van der Waals surface area contributed by atoms with Gasteiger partial charge in [0.25, 0.3) is 0 Å². The van der Waals surface area contributed by atoms with Gasteiger partial charge in [0.2, 0.25) is 10.0 Å². The van der Waals surface area contributed by atoms with Gasteiger partial charge in [-0.05, 0) is 39.7 Å². The Kier molecular flexibility index (Phi) is 7.97. The maximum absolute atomic E-state index is 11.6. The van der Waals surface area contributed by atoms with Gasteiger partial charge in [0.05, 0.1) is 16.7 Å². The van der Waals surface area contributed by atoms with Crippen LogP contribution in [0.1, 0.15) is 33.6 Å². The Morgan fingerprint density at radius 1 is 1.31 bits per heavy atom. The van der Waals surface area contributed by atoms with Crippen molar-refractivity contribution in [2.45, 2.75) is 45.2 Å². The van der Waals surface area contributed by atoms with Crippen LogP contribution in [0.3, 0.4) is 0 Å². The number of anilines is 1. The summed E-state index contributed by atoms with van der Waals surface area (Å²) in [6.45, 7) is 5.57.